The molecule has 0 bridgehead atoms. The Morgan fingerprint density at radius 2 is 2.21 bits per heavy atom. The Balaban J connectivity index is 1.89. The summed E-state index contributed by atoms with van der Waals surface area (Å²) in [4.78, 5) is 4.27. The van der Waals surface area contributed by atoms with Crippen molar-refractivity contribution in [3.05, 3.63) is 41.5 Å². The van der Waals surface area contributed by atoms with Crippen LogP contribution in [0.15, 0.2) is 28.8 Å². The van der Waals surface area contributed by atoms with Gasteiger partial charge in [0.1, 0.15) is 18.4 Å². The number of aliphatic hydroxyl groups excluding tert-OH is 1. The van der Waals surface area contributed by atoms with Crippen molar-refractivity contribution in [1.82, 2.24) is 10.1 Å². The van der Waals surface area contributed by atoms with Crippen molar-refractivity contribution in [2.45, 2.75) is 25.0 Å². The third kappa shape index (κ3) is 2.09. The largest absolute Gasteiger partial charge is 0.492 e. The first-order valence-electron chi connectivity index (χ1n) is 6.15. The number of benzene rings is 1. The van der Waals surface area contributed by atoms with Gasteiger partial charge in [0.25, 0.3) is 0 Å². The molecule has 6 nitrogen and oxygen atoms in total. The lowest BCUT2D eigenvalue weighted by molar-refractivity contribution is 0.146. The normalized spacial score (nSPS) is 20.7. The lowest BCUT2D eigenvalue weighted by Gasteiger charge is -2.08. The van der Waals surface area contributed by atoms with Gasteiger partial charge in [0.2, 0.25) is 5.89 Å². The zero-order chi connectivity index (χ0) is 13.4. The molecule has 2 heterocycles. The molecule has 0 spiro atoms. The van der Waals surface area contributed by atoms with E-state index in [1.807, 2.05) is 24.3 Å². The molecule has 0 radical (unpaired) electrons. The zero-order valence-corrected chi connectivity index (χ0v) is 10.5. The Bertz CT molecular complexity index is 582. The minimum absolute atomic E-state index is 0.0464. The number of aliphatic hydroxyl groups is 1. The van der Waals surface area contributed by atoms with E-state index in [1.165, 1.54) is 0 Å². The topological polar surface area (TPSA) is 94.4 Å². The van der Waals surface area contributed by atoms with Gasteiger partial charge in [-0.25, -0.2) is 0 Å². The Labute approximate surface area is 110 Å². The standard InChI is InChI=1S/C13H15N3O3/c1-7(17)11(14)13-15-12(16-19-13)9-6-18-10-5-3-2-4-8(9)10/h2-5,7,9,11,17H,6,14H2,1H3/t7-,9?,11+/m1/s1. The predicted octanol–water partition coefficient (Wildman–Crippen LogP) is 0.975. The van der Waals surface area contributed by atoms with Crippen molar-refractivity contribution in [3.63, 3.8) is 0 Å². The van der Waals surface area contributed by atoms with Crippen LogP contribution in [-0.4, -0.2) is 28.0 Å². The van der Waals surface area contributed by atoms with E-state index >= 15 is 0 Å². The van der Waals surface area contributed by atoms with Crippen LogP contribution in [-0.2, 0) is 0 Å². The molecule has 3 N–H and O–H groups in total. The number of hydrogen-bond donors (Lipinski definition) is 2. The van der Waals surface area contributed by atoms with Gasteiger partial charge in [0, 0.05) is 5.56 Å². The molecule has 100 valence electrons. The number of aromatic nitrogens is 2. The number of para-hydroxylation sites is 1. The van der Waals surface area contributed by atoms with Gasteiger partial charge in [-0.15, -0.1) is 0 Å². The van der Waals surface area contributed by atoms with Crippen molar-refractivity contribution >= 4 is 0 Å². The summed E-state index contributed by atoms with van der Waals surface area (Å²) in [5.74, 6) is 1.58. The third-order valence-electron chi connectivity index (χ3n) is 3.27. The third-order valence-corrected chi connectivity index (χ3v) is 3.27. The van der Waals surface area contributed by atoms with Crippen molar-refractivity contribution in [3.8, 4) is 5.75 Å². The van der Waals surface area contributed by atoms with E-state index in [2.05, 4.69) is 10.1 Å². The highest BCUT2D eigenvalue weighted by molar-refractivity contribution is 5.42. The van der Waals surface area contributed by atoms with Gasteiger partial charge in [-0.2, -0.15) is 4.98 Å². The molecule has 0 amide bonds. The molecule has 0 fully saturated rings. The molecule has 6 heteroatoms. The van der Waals surface area contributed by atoms with Gasteiger partial charge in [0.05, 0.1) is 12.0 Å². The van der Waals surface area contributed by atoms with Crippen molar-refractivity contribution in [1.29, 1.82) is 0 Å². The fourth-order valence-corrected chi connectivity index (χ4v) is 2.11. The number of nitrogens with two attached hydrogens (primary N) is 1. The van der Waals surface area contributed by atoms with Crippen LogP contribution >= 0.6 is 0 Å². The Hall–Kier alpha value is -1.92. The van der Waals surface area contributed by atoms with Crippen LogP contribution in [0.1, 0.15) is 36.2 Å². The molecule has 1 aromatic carbocycles. The van der Waals surface area contributed by atoms with Crippen LogP contribution in [0.4, 0.5) is 0 Å². The maximum Gasteiger partial charge on any atom is 0.246 e. The fraction of sp³-hybridized carbons (Fsp3) is 0.385. The maximum atomic E-state index is 9.43. The second kappa shape index (κ2) is 4.64. The summed E-state index contributed by atoms with van der Waals surface area (Å²) < 4.78 is 10.7. The highest BCUT2D eigenvalue weighted by atomic mass is 16.5. The smallest absolute Gasteiger partial charge is 0.246 e. The van der Waals surface area contributed by atoms with Crippen LogP contribution in [0.2, 0.25) is 0 Å². The Morgan fingerprint density at radius 3 is 3.00 bits per heavy atom. The average molecular weight is 261 g/mol. The SMILES string of the molecule is C[C@@H](O)[C@H](N)c1nc(C2COc3ccccc32)no1. The van der Waals surface area contributed by atoms with Gasteiger partial charge in [0.15, 0.2) is 5.82 Å². The molecule has 1 aromatic heterocycles. The van der Waals surface area contributed by atoms with Gasteiger partial charge in [-0.05, 0) is 13.0 Å². The van der Waals surface area contributed by atoms with E-state index in [0.29, 0.717) is 12.4 Å². The number of hydrogen-bond acceptors (Lipinski definition) is 6. The summed E-state index contributed by atoms with van der Waals surface area (Å²) in [7, 11) is 0. The van der Waals surface area contributed by atoms with Gasteiger partial charge >= 0.3 is 0 Å². The van der Waals surface area contributed by atoms with Crippen LogP contribution in [0.3, 0.4) is 0 Å². The maximum absolute atomic E-state index is 9.43. The summed E-state index contributed by atoms with van der Waals surface area (Å²) in [6.45, 7) is 2.07. The molecule has 0 saturated heterocycles. The van der Waals surface area contributed by atoms with E-state index in [4.69, 9.17) is 15.0 Å². The van der Waals surface area contributed by atoms with Crippen LogP contribution in [0.25, 0.3) is 0 Å². The Morgan fingerprint density at radius 1 is 1.42 bits per heavy atom. The van der Waals surface area contributed by atoms with Gasteiger partial charge in [-0.3, -0.25) is 0 Å². The van der Waals surface area contributed by atoms with Crippen LogP contribution in [0, 0.1) is 0 Å². The molecule has 1 unspecified atom stereocenters. The molecule has 3 atom stereocenters. The minimum atomic E-state index is -0.736. The van der Waals surface area contributed by atoms with Gasteiger partial charge in [-0.1, -0.05) is 23.4 Å². The van der Waals surface area contributed by atoms with E-state index in [-0.39, 0.29) is 11.8 Å². The highest BCUT2D eigenvalue weighted by Crippen LogP contribution is 2.36. The second-order valence-corrected chi connectivity index (χ2v) is 4.66. The monoisotopic (exact) mass is 261 g/mol. The van der Waals surface area contributed by atoms with Crippen molar-refractivity contribution < 1.29 is 14.4 Å². The predicted molar refractivity (Wildman–Crippen MR) is 66.7 cm³/mol. The first kappa shape index (κ1) is 12.1. The molecule has 3 rings (SSSR count). The number of nitrogens with zero attached hydrogens (tertiary/aromatic N) is 2. The van der Waals surface area contributed by atoms with Gasteiger partial charge < -0.3 is 20.1 Å². The molecule has 0 saturated carbocycles. The number of ether oxygens (including phenoxy) is 1. The summed E-state index contributed by atoms with van der Waals surface area (Å²) >= 11 is 0. The van der Waals surface area contributed by atoms with E-state index in [1.54, 1.807) is 6.92 Å². The summed E-state index contributed by atoms with van der Waals surface area (Å²) in [5, 5.41) is 13.4. The first-order valence-corrected chi connectivity index (χ1v) is 6.15. The minimum Gasteiger partial charge on any atom is -0.492 e. The summed E-state index contributed by atoms with van der Waals surface area (Å²) in [6.07, 6.45) is -0.736. The van der Waals surface area contributed by atoms with Crippen LogP contribution in [0.5, 0.6) is 5.75 Å². The van der Waals surface area contributed by atoms with E-state index in [9.17, 15) is 5.11 Å². The summed E-state index contributed by atoms with van der Waals surface area (Å²) in [5.41, 5.74) is 6.81. The fourth-order valence-electron chi connectivity index (χ4n) is 2.11. The summed E-state index contributed by atoms with van der Waals surface area (Å²) in [6, 6.07) is 7.10. The number of fused-ring (bicyclic) bond motifs is 1. The number of rotatable bonds is 3. The van der Waals surface area contributed by atoms with E-state index < -0.39 is 12.1 Å². The molecule has 1 aliphatic heterocycles. The highest BCUT2D eigenvalue weighted by Gasteiger charge is 2.30. The Kier molecular flexibility index (Phi) is 2.96. The van der Waals surface area contributed by atoms with Crippen molar-refractivity contribution in [2.24, 2.45) is 5.73 Å². The average Bonchev–Trinajstić information content (AvgIpc) is 3.03. The molecular formula is C13H15N3O3. The lowest BCUT2D eigenvalue weighted by Crippen LogP contribution is -2.23. The first-order chi connectivity index (χ1) is 9.16. The molecule has 19 heavy (non-hydrogen) atoms. The zero-order valence-electron chi connectivity index (χ0n) is 10.5. The van der Waals surface area contributed by atoms with Crippen LogP contribution < -0.4 is 10.5 Å². The quantitative estimate of drug-likeness (QED) is 0.855. The van der Waals surface area contributed by atoms with E-state index in [0.717, 1.165) is 11.3 Å². The second-order valence-electron chi connectivity index (χ2n) is 4.66. The molecule has 2 aromatic rings. The molecule has 1 aliphatic rings. The van der Waals surface area contributed by atoms with Crippen molar-refractivity contribution in [2.75, 3.05) is 6.61 Å². The molecule has 0 aliphatic carbocycles. The molecular weight excluding hydrogens is 246 g/mol. The lowest BCUT2D eigenvalue weighted by atomic mass is 10.0.